The van der Waals surface area contributed by atoms with Crippen molar-refractivity contribution in [2.75, 3.05) is 0 Å². The molecule has 2 aromatic carbocycles. The van der Waals surface area contributed by atoms with Crippen molar-refractivity contribution in [1.82, 2.24) is 0 Å². The summed E-state index contributed by atoms with van der Waals surface area (Å²) in [6.45, 7) is 0. The molecule has 0 atom stereocenters. The van der Waals surface area contributed by atoms with Crippen molar-refractivity contribution in [3.8, 4) is 11.5 Å². The van der Waals surface area contributed by atoms with Gasteiger partial charge in [-0.2, -0.15) is 0 Å². The number of benzene rings is 2. The van der Waals surface area contributed by atoms with Crippen LogP contribution >= 0.6 is 8.38 Å². The Labute approximate surface area is 136 Å². The van der Waals surface area contributed by atoms with Gasteiger partial charge in [-0.05, 0) is 36.4 Å². The molecule has 3 nitrogen and oxygen atoms in total. The van der Waals surface area contributed by atoms with E-state index in [1.807, 2.05) is 72.8 Å². The van der Waals surface area contributed by atoms with Crippen LogP contribution in [0.3, 0.4) is 0 Å². The molecule has 0 spiro atoms. The van der Waals surface area contributed by atoms with Gasteiger partial charge in [0.25, 0.3) is 0 Å². The highest BCUT2D eigenvalue weighted by molar-refractivity contribution is 7.51. The minimum Gasteiger partial charge on any atom is -0.464 e. The molecule has 0 aliphatic rings. The largest absolute Gasteiger partial charge is 0.464 e. The second-order valence-electron chi connectivity index (χ2n) is 4.55. The highest BCUT2D eigenvalue weighted by atomic mass is 31.2. The minimum atomic E-state index is -1.30. The maximum Gasteiger partial charge on any atom is 0.326 e. The maximum atomic E-state index is 5.91. The van der Waals surface area contributed by atoms with E-state index in [4.69, 9.17) is 13.5 Å². The first-order valence-corrected chi connectivity index (χ1v) is 8.36. The standard InChI is InChI=1S/C19H15O3P/c1-3-9-18(10-4-1)21-23(22-19-11-5-2-6-12-19)16-8-14-17-13-7-15-20-17/h1-7,9-16H. The molecule has 0 radical (unpaired) electrons. The van der Waals surface area contributed by atoms with Crippen LogP contribution in [0.5, 0.6) is 11.5 Å². The van der Waals surface area contributed by atoms with E-state index >= 15 is 0 Å². The van der Waals surface area contributed by atoms with E-state index in [0.29, 0.717) is 0 Å². The van der Waals surface area contributed by atoms with Crippen LogP contribution in [0.4, 0.5) is 0 Å². The Morgan fingerprint density at radius 1 is 0.783 bits per heavy atom. The molecule has 0 amide bonds. The first-order chi connectivity index (χ1) is 11.4. The topological polar surface area (TPSA) is 31.6 Å². The molecule has 3 rings (SSSR count). The average Bonchev–Trinajstić information content (AvgIpc) is 3.10. The summed E-state index contributed by atoms with van der Waals surface area (Å²) in [5.74, 6) is 4.02. The second-order valence-corrected chi connectivity index (χ2v) is 5.74. The SMILES string of the molecule is C(=Cc1ccco1)=CP(Oc1ccccc1)Oc1ccccc1. The lowest BCUT2D eigenvalue weighted by molar-refractivity contribution is 0.501. The van der Waals surface area contributed by atoms with Gasteiger partial charge in [-0.15, -0.1) is 5.73 Å². The Kier molecular flexibility index (Phi) is 5.31. The molecule has 3 aromatic rings. The number of hydrogen-bond donors (Lipinski definition) is 0. The average molecular weight is 322 g/mol. The summed E-state index contributed by atoms with van der Waals surface area (Å²) in [7, 11) is -1.30. The molecule has 0 bridgehead atoms. The van der Waals surface area contributed by atoms with Crippen LogP contribution in [-0.2, 0) is 0 Å². The second kappa shape index (κ2) is 8.05. The van der Waals surface area contributed by atoms with Crippen molar-refractivity contribution in [2.45, 2.75) is 0 Å². The molecule has 114 valence electrons. The molecule has 0 unspecified atom stereocenters. The first kappa shape index (κ1) is 15.2. The first-order valence-electron chi connectivity index (χ1n) is 7.11. The summed E-state index contributed by atoms with van der Waals surface area (Å²) in [4.78, 5) is 0. The van der Waals surface area contributed by atoms with Crippen LogP contribution in [0.1, 0.15) is 5.76 Å². The Morgan fingerprint density at radius 3 is 1.91 bits per heavy atom. The molecule has 0 saturated carbocycles. The Hall–Kier alpha value is -2.73. The summed E-state index contributed by atoms with van der Waals surface area (Å²) in [6, 6.07) is 22.9. The number of rotatable bonds is 6. The van der Waals surface area contributed by atoms with Crippen molar-refractivity contribution >= 4 is 14.5 Å². The zero-order valence-electron chi connectivity index (χ0n) is 12.3. The fraction of sp³-hybridized carbons (Fsp3) is 0. The van der Waals surface area contributed by atoms with Gasteiger partial charge in [0.2, 0.25) is 0 Å². The highest BCUT2D eigenvalue weighted by Crippen LogP contribution is 2.41. The number of hydrogen-bond acceptors (Lipinski definition) is 3. The van der Waals surface area contributed by atoms with Crippen molar-refractivity contribution in [3.63, 3.8) is 0 Å². The molecule has 0 saturated heterocycles. The fourth-order valence-electron chi connectivity index (χ4n) is 1.80. The number of furan rings is 1. The van der Waals surface area contributed by atoms with Crippen LogP contribution in [0, 0.1) is 0 Å². The van der Waals surface area contributed by atoms with Gasteiger partial charge in [0.15, 0.2) is 0 Å². The fourth-order valence-corrected chi connectivity index (χ4v) is 2.79. The van der Waals surface area contributed by atoms with E-state index in [1.54, 1.807) is 18.2 Å². The Bertz CT molecular complexity index is 719. The maximum absolute atomic E-state index is 5.91. The summed E-state index contributed by atoms with van der Waals surface area (Å²) in [6.07, 6.45) is 3.37. The van der Waals surface area contributed by atoms with E-state index < -0.39 is 8.38 Å². The number of para-hydroxylation sites is 2. The van der Waals surface area contributed by atoms with E-state index in [2.05, 4.69) is 5.73 Å². The lowest BCUT2D eigenvalue weighted by Crippen LogP contribution is -1.92. The molecular weight excluding hydrogens is 307 g/mol. The summed E-state index contributed by atoms with van der Waals surface area (Å²) in [5.41, 5.74) is 3.06. The summed E-state index contributed by atoms with van der Waals surface area (Å²) < 4.78 is 17.1. The monoisotopic (exact) mass is 322 g/mol. The van der Waals surface area contributed by atoms with Crippen LogP contribution in [0.2, 0.25) is 0 Å². The van der Waals surface area contributed by atoms with Gasteiger partial charge in [0.1, 0.15) is 17.3 Å². The Balaban J connectivity index is 1.76. The molecular formula is C19H15O3P. The minimum absolute atomic E-state index is 0.732. The molecule has 0 aliphatic carbocycles. The van der Waals surface area contributed by atoms with Gasteiger partial charge >= 0.3 is 8.38 Å². The van der Waals surface area contributed by atoms with E-state index in [9.17, 15) is 0 Å². The molecule has 4 heteroatoms. The van der Waals surface area contributed by atoms with E-state index in [1.165, 1.54) is 0 Å². The Morgan fingerprint density at radius 2 is 1.39 bits per heavy atom. The lowest BCUT2D eigenvalue weighted by atomic mass is 10.3. The van der Waals surface area contributed by atoms with Gasteiger partial charge in [0, 0.05) is 6.08 Å². The molecule has 0 aliphatic heterocycles. The molecule has 1 aromatic heterocycles. The van der Waals surface area contributed by atoms with Crippen molar-refractivity contribution in [1.29, 1.82) is 0 Å². The molecule has 1 heterocycles. The van der Waals surface area contributed by atoms with Crippen molar-refractivity contribution in [3.05, 3.63) is 96.4 Å². The molecule has 23 heavy (non-hydrogen) atoms. The van der Waals surface area contributed by atoms with Gasteiger partial charge in [-0.3, -0.25) is 0 Å². The third kappa shape index (κ3) is 4.89. The predicted molar refractivity (Wildman–Crippen MR) is 92.3 cm³/mol. The molecule has 0 fully saturated rings. The summed E-state index contributed by atoms with van der Waals surface area (Å²) in [5, 5.41) is 0. The summed E-state index contributed by atoms with van der Waals surface area (Å²) >= 11 is 0. The normalized spacial score (nSPS) is 9.96. The third-order valence-electron chi connectivity index (χ3n) is 2.83. The predicted octanol–water partition coefficient (Wildman–Crippen LogP) is 5.88. The van der Waals surface area contributed by atoms with Gasteiger partial charge < -0.3 is 13.5 Å². The van der Waals surface area contributed by atoms with E-state index in [0.717, 1.165) is 17.3 Å². The van der Waals surface area contributed by atoms with Crippen LogP contribution < -0.4 is 9.05 Å². The van der Waals surface area contributed by atoms with Crippen molar-refractivity contribution < 1.29 is 13.5 Å². The van der Waals surface area contributed by atoms with Crippen LogP contribution in [0.15, 0.2) is 95.0 Å². The van der Waals surface area contributed by atoms with Crippen LogP contribution in [-0.4, -0.2) is 0 Å². The lowest BCUT2D eigenvalue weighted by Gasteiger charge is -2.14. The van der Waals surface area contributed by atoms with Gasteiger partial charge in [-0.1, -0.05) is 36.4 Å². The third-order valence-corrected chi connectivity index (χ3v) is 3.97. The smallest absolute Gasteiger partial charge is 0.326 e. The van der Waals surface area contributed by atoms with Gasteiger partial charge in [0.05, 0.1) is 12.1 Å². The molecule has 0 N–H and O–H groups in total. The van der Waals surface area contributed by atoms with Gasteiger partial charge in [-0.25, -0.2) is 0 Å². The highest BCUT2D eigenvalue weighted by Gasteiger charge is 2.10. The van der Waals surface area contributed by atoms with Crippen LogP contribution in [0.25, 0.3) is 6.08 Å². The zero-order chi connectivity index (χ0) is 15.7. The quantitative estimate of drug-likeness (QED) is 0.420. The zero-order valence-corrected chi connectivity index (χ0v) is 13.2. The van der Waals surface area contributed by atoms with E-state index in [-0.39, 0.29) is 0 Å². The van der Waals surface area contributed by atoms with Crippen molar-refractivity contribution in [2.24, 2.45) is 0 Å².